The van der Waals surface area contributed by atoms with Gasteiger partial charge < -0.3 is 15.0 Å². The number of amides is 2. The molecular weight excluding hydrogens is 420 g/mol. The van der Waals surface area contributed by atoms with Crippen molar-refractivity contribution in [3.8, 4) is 17.0 Å². The molecule has 0 aliphatic carbocycles. The van der Waals surface area contributed by atoms with Crippen LogP contribution in [0.5, 0.6) is 5.75 Å². The number of rotatable bonds is 5. The maximum Gasteiger partial charge on any atom is 0.322 e. The molecule has 0 saturated carbocycles. The van der Waals surface area contributed by atoms with Crippen LogP contribution in [0.3, 0.4) is 0 Å². The topological polar surface area (TPSA) is 57.7 Å². The molecule has 156 valence electrons. The second kappa shape index (κ2) is 9.47. The number of para-hydroxylation sites is 2. The van der Waals surface area contributed by atoms with Gasteiger partial charge in [-0.1, -0.05) is 35.9 Å². The summed E-state index contributed by atoms with van der Waals surface area (Å²) < 4.78 is 5.30. The van der Waals surface area contributed by atoms with Crippen molar-refractivity contribution >= 4 is 34.7 Å². The summed E-state index contributed by atoms with van der Waals surface area (Å²) in [5.74, 6) is 0.657. The van der Waals surface area contributed by atoms with Gasteiger partial charge in [-0.2, -0.15) is 0 Å². The highest BCUT2D eigenvalue weighted by atomic mass is 35.5. The van der Waals surface area contributed by atoms with E-state index < -0.39 is 0 Å². The summed E-state index contributed by atoms with van der Waals surface area (Å²) in [6.07, 6.45) is 0. The van der Waals surface area contributed by atoms with Crippen LogP contribution in [-0.4, -0.2) is 54.1 Å². The average molecular weight is 443 g/mol. The van der Waals surface area contributed by atoms with Crippen molar-refractivity contribution in [2.24, 2.45) is 0 Å². The Morgan fingerprint density at radius 2 is 1.87 bits per heavy atom. The highest BCUT2D eigenvalue weighted by Crippen LogP contribution is 2.25. The van der Waals surface area contributed by atoms with Crippen LogP contribution in [0.1, 0.15) is 5.01 Å². The summed E-state index contributed by atoms with van der Waals surface area (Å²) in [4.78, 5) is 21.5. The Kier molecular flexibility index (Phi) is 6.52. The van der Waals surface area contributed by atoms with E-state index in [1.54, 1.807) is 18.4 Å². The predicted molar refractivity (Wildman–Crippen MR) is 121 cm³/mol. The normalized spacial score (nSPS) is 14.5. The third-order valence-corrected chi connectivity index (χ3v) is 6.14. The monoisotopic (exact) mass is 442 g/mol. The van der Waals surface area contributed by atoms with E-state index in [1.807, 2.05) is 53.4 Å². The lowest BCUT2D eigenvalue weighted by atomic mass is 10.2. The fourth-order valence-electron chi connectivity index (χ4n) is 3.38. The van der Waals surface area contributed by atoms with Gasteiger partial charge in [-0.05, 0) is 24.3 Å². The average Bonchev–Trinajstić information content (AvgIpc) is 3.23. The number of anilines is 1. The summed E-state index contributed by atoms with van der Waals surface area (Å²) in [6.45, 7) is 3.78. The maximum absolute atomic E-state index is 12.6. The number of piperazine rings is 1. The van der Waals surface area contributed by atoms with Gasteiger partial charge in [0.1, 0.15) is 10.8 Å². The van der Waals surface area contributed by atoms with E-state index in [4.69, 9.17) is 21.3 Å². The minimum atomic E-state index is -0.0987. The van der Waals surface area contributed by atoms with Crippen LogP contribution < -0.4 is 10.1 Å². The number of thiazole rings is 1. The molecule has 1 aliphatic heterocycles. The van der Waals surface area contributed by atoms with Crippen LogP contribution in [-0.2, 0) is 6.54 Å². The van der Waals surface area contributed by atoms with E-state index in [9.17, 15) is 4.79 Å². The molecule has 4 rings (SSSR count). The van der Waals surface area contributed by atoms with Crippen molar-refractivity contribution in [1.29, 1.82) is 0 Å². The number of benzene rings is 2. The minimum Gasteiger partial charge on any atom is -0.495 e. The Hall–Kier alpha value is -2.61. The molecule has 8 heteroatoms. The van der Waals surface area contributed by atoms with Crippen LogP contribution in [0.4, 0.5) is 10.5 Å². The van der Waals surface area contributed by atoms with Crippen molar-refractivity contribution in [3.63, 3.8) is 0 Å². The molecule has 0 unspecified atom stereocenters. The smallest absolute Gasteiger partial charge is 0.322 e. The number of ether oxygens (including phenoxy) is 1. The Morgan fingerprint density at radius 1 is 1.13 bits per heavy atom. The highest BCUT2D eigenvalue weighted by molar-refractivity contribution is 7.09. The van der Waals surface area contributed by atoms with Crippen LogP contribution in [0.2, 0.25) is 5.02 Å². The van der Waals surface area contributed by atoms with Gasteiger partial charge in [0.05, 0.1) is 25.0 Å². The van der Waals surface area contributed by atoms with Gasteiger partial charge in [0.2, 0.25) is 0 Å². The molecule has 3 aromatic rings. The second-order valence-corrected chi connectivity index (χ2v) is 8.41. The Balaban J connectivity index is 1.29. The fourth-order valence-corrected chi connectivity index (χ4v) is 4.35. The maximum atomic E-state index is 12.6. The standard InChI is InChI=1S/C22H23ClN4O2S/c1-29-20-5-3-2-4-18(20)25-22(28)27-12-10-26(11-13-27)14-21-24-19(15-30-21)16-6-8-17(23)9-7-16/h2-9,15H,10-14H2,1H3,(H,25,28). The van der Waals surface area contributed by atoms with Crippen molar-refractivity contribution < 1.29 is 9.53 Å². The van der Waals surface area contributed by atoms with Gasteiger partial charge in [0.15, 0.2) is 0 Å². The molecule has 0 atom stereocenters. The van der Waals surface area contributed by atoms with Crippen molar-refractivity contribution in [2.75, 3.05) is 38.6 Å². The number of hydrogen-bond acceptors (Lipinski definition) is 5. The summed E-state index contributed by atoms with van der Waals surface area (Å²) >= 11 is 7.63. The summed E-state index contributed by atoms with van der Waals surface area (Å²) in [5, 5.41) is 6.82. The number of carbonyl (C=O) groups excluding carboxylic acids is 1. The van der Waals surface area contributed by atoms with Gasteiger partial charge in [-0.25, -0.2) is 9.78 Å². The van der Waals surface area contributed by atoms with Gasteiger partial charge in [0, 0.05) is 42.1 Å². The molecule has 1 saturated heterocycles. The molecular formula is C22H23ClN4O2S. The molecule has 1 fully saturated rings. The van der Waals surface area contributed by atoms with Crippen LogP contribution in [0.25, 0.3) is 11.3 Å². The predicted octanol–water partition coefficient (Wildman–Crippen LogP) is 4.82. The summed E-state index contributed by atoms with van der Waals surface area (Å²) in [6, 6.07) is 15.1. The van der Waals surface area contributed by atoms with Crippen molar-refractivity contribution in [3.05, 3.63) is 63.9 Å². The Morgan fingerprint density at radius 3 is 2.60 bits per heavy atom. The number of nitrogens with one attached hydrogen (secondary N) is 1. The zero-order chi connectivity index (χ0) is 20.9. The first-order valence-corrected chi connectivity index (χ1v) is 11.0. The molecule has 6 nitrogen and oxygen atoms in total. The molecule has 0 radical (unpaired) electrons. The molecule has 0 spiro atoms. The van der Waals surface area contributed by atoms with E-state index in [0.717, 1.165) is 40.9 Å². The van der Waals surface area contributed by atoms with Gasteiger partial charge in [-0.15, -0.1) is 11.3 Å². The largest absolute Gasteiger partial charge is 0.495 e. The molecule has 30 heavy (non-hydrogen) atoms. The zero-order valence-electron chi connectivity index (χ0n) is 16.7. The molecule has 1 aliphatic rings. The molecule has 2 heterocycles. The van der Waals surface area contributed by atoms with E-state index in [2.05, 4.69) is 15.6 Å². The first-order valence-electron chi connectivity index (χ1n) is 9.74. The number of carbonyl (C=O) groups is 1. The number of nitrogens with zero attached hydrogens (tertiary/aromatic N) is 3. The van der Waals surface area contributed by atoms with E-state index in [0.29, 0.717) is 24.5 Å². The number of hydrogen-bond donors (Lipinski definition) is 1. The third kappa shape index (κ3) is 4.92. The second-order valence-electron chi connectivity index (χ2n) is 7.03. The van der Waals surface area contributed by atoms with Gasteiger partial charge >= 0.3 is 6.03 Å². The number of urea groups is 1. The SMILES string of the molecule is COc1ccccc1NC(=O)N1CCN(Cc2nc(-c3ccc(Cl)cc3)cs2)CC1. The number of aromatic nitrogens is 1. The summed E-state index contributed by atoms with van der Waals surface area (Å²) in [5.41, 5.74) is 2.73. The van der Waals surface area contributed by atoms with Crippen LogP contribution >= 0.6 is 22.9 Å². The van der Waals surface area contributed by atoms with E-state index in [-0.39, 0.29) is 6.03 Å². The molecule has 2 aromatic carbocycles. The molecule has 1 N–H and O–H groups in total. The number of methoxy groups -OCH3 is 1. The summed E-state index contributed by atoms with van der Waals surface area (Å²) in [7, 11) is 1.60. The first-order chi connectivity index (χ1) is 14.6. The van der Waals surface area contributed by atoms with E-state index in [1.165, 1.54) is 0 Å². The Bertz CT molecular complexity index is 1000. The molecule has 2 amide bonds. The first kappa shape index (κ1) is 20.7. The Labute approximate surface area is 185 Å². The van der Waals surface area contributed by atoms with E-state index >= 15 is 0 Å². The minimum absolute atomic E-state index is 0.0987. The number of halogens is 1. The lowest BCUT2D eigenvalue weighted by Gasteiger charge is -2.34. The third-order valence-electron chi connectivity index (χ3n) is 5.06. The lowest BCUT2D eigenvalue weighted by molar-refractivity contribution is 0.143. The highest BCUT2D eigenvalue weighted by Gasteiger charge is 2.22. The van der Waals surface area contributed by atoms with Gasteiger partial charge in [0.25, 0.3) is 0 Å². The van der Waals surface area contributed by atoms with Crippen LogP contribution in [0, 0.1) is 0 Å². The quantitative estimate of drug-likeness (QED) is 0.615. The van der Waals surface area contributed by atoms with Crippen LogP contribution in [0.15, 0.2) is 53.9 Å². The zero-order valence-corrected chi connectivity index (χ0v) is 18.2. The van der Waals surface area contributed by atoms with Gasteiger partial charge in [-0.3, -0.25) is 4.90 Å². The van der Waals surface area contributed by atoms with Crippen molar-refractivity contribution in [2.45, 2.75) is 6.54 Å². The fraction of sp³-hybridized carbons (Fsp3) is 0.273. The molecule has 1 aromatic heterocycles. The molecule has 0 bridgehead atoms. The van der Waals surface area contributed by atoms with Crippen molar-refractivity contribution in [1.82, 2.24) is 14.8 Å². The lowest BCUT2D eigenvalue weighted by Crippen LogP contribution is -2.49.